The van der Waals surface area contributed by atoms with Crippen molar-refractivity contribution in [3.05, 3.63) is 0 Å². The molecule has 1 aliphatic carbocycles. The maximum atomic E-state index is 5.90. The van der Waals surface area contributed by atoms with Crippen molar-refractivity contribution in [2.24, 2.45) is 23.5 Å². The highest BCUT2D eigenvalue weighted by Crippen LogP contribution is 2.29. The molecule has 0 aromatic rings. The highest BCUT2D eigenvalue weighted by atomic mass is 15.3. The third-order valence-electron chi connectivity index (χ3n) is 4.33. The number of hydrogen-bond acceptors (Lipinski definition) is 3. The van der Waals surface area contributed by atoms with Crippen LogP contribution in [-0.4, -0.2) is 55.6 Å². The van der Waals surface area contributed by atoms with E-state index >= 15 is 0 Å². The van der Waals surface area contributed by atoms with E-state index in [4.69, 9.17) is 5.73 Å². The molecular weight excluding hydrogens is 222 g/mol. The Hall–Kier alpha value is -0.120. The van der Waals surface area contributed by atoms with Crippen molar-refractivity contribution in [1.82, 2.24) is 9.80 Å². The lowest BCUT2D eigenvalue weighted by Gasteiger charge is -2.36. The summed E-state index contributed by atoms with van der Waals surface area (Å²) < 4.78 is 0. The van der Waals surface area contributed by atoms with Crippen LogP contribution in [0.25, 0.3) is 0 Å². The summed E-state index contributed by atoms with van der Waals surface area (Å²) in [5, 5.41) is 0. The molecule has 2 N–H and O–H groups in total. The van der Waals surface area contributed by atoms with Gasteiger partial charge in [-0.25, -0.2) is 0 Å². The van der Waals surface area contributed by atoms with Crippen molar-refractivity contribution in [3.63, 3.8) is 0 Å². The zero-order valence-corrected chi connectivity index (χ0v) is 12.3. The molecule has 1 unspecified atom stereocenters. The molecule has 1 saturated heterocycles. The van der Waals surface area contributed by atoms with Gasteiger partial charge in [-0.05, 0) is 43.6 Å². The second-order valence-corrected chi connectivity index (χ2v) is 6.78. The summed E-state index contributed by atoms with van der Waals surface area (Å²) in [5.41, 5.74) is 5.90. The monoisotopic (exact) mass is 253 g/mol. The Kier molecular flexibility index (Phi) is 5.46. The summed E-state index contributed by atoms with van der Waals surface area (Å²) in [6.45, 7) is 13.1. The molecule has 0 aromatic heterocycles. The lowest BCUT2D eigenvalue weighted by atomic mass is 9.96. The van der Waals surface area contributed by atoms with Gasteiger partial charge in [0.2, 0.25) is 0 Å². The Bertz CT molecular complexity index is 230. The molecular formula is C15H31N3. The van der Waals surface area contributed by atoms with E-state index in [0.717, 1.165) is 18.4 Å². The van der Waals surface area contributed by atoms with Crippen molar-refractivity contribution in [3.8, 4) is 0 Å². The average Bonchev–Trinajstić information content (AvgIpc) is 3.14. The topological polar surface area (TPSA) is 32.5 Å². The van der Waals surface area contributed by atoms with Crippen molar-refractivity contribution >= 4 is 0 Å². The molecule has 2 rings (SSSR count). The summed E-state index contributed by atoms with van der Waals surface area (Å²) in [4.78, 5) is 5.29. The lowest BCUT2D eigenvalue weighted by Crippen LogP contribution is -2.48. The van der Waals surface area contributed by atoms with E-state index in [1.54, 1.807) is 0 Å². The number of nitrogens with two attached hydrogens (primary N) is 1. The van der Waals surface area contributed by atoms with Crippen molar-refractivity contribution < 1.29 is 0 Å². The maximum absolute atomic E-state index is 5.90. The third kappa shape index (κ3) is 4.87. The van der Waals surface area contributed by atoms with Crippen LogP contribution in [0.5, 0.6) is 0 Å². The van der Waals surface area contributed by atoms with Crippen LogP contribution in [0.1, 0.15) is 33.1 Å². The summed E-state index contributed by atoms with van der Waals surface area (Å²) in [6, 6.07) is 0. The molecule has 0 spiro atoms. The lowest BCUT2D eigenvalue weighted by molar-refractivity contribution is 0.111. The molecule has 3 heteroatoms. The minimum atomic E-state index is 0.694. The SMILES string of the molecule is CC(C)CC(CN)CN1CCN(CC2CC2)CC1. The highest BCUT2D eigenvalue weighted by molar-refractivity contribution is 4.81. The van der Waals surface area contributed by atoms with Crippen molar-refractivity contribution in [2.45, 2.75) is 33.1 Å². The van der Waals surface area contributed by atoms with Gasteiger partial charge < -0.3 is 15.5 Å². The zero-order chi connectivity index (χ0) is 13.0. The van der Waals surface area contributed by atoms with Gasteiger partial charge in [0.1, 0.15) is 0 Å². The fraction of sp³-hybridized carbons (Fsp3) is 1.00. The molecule has 1 heterocycles. The van der Waals surface area contributed by atoms with Gasteiger partial charge in [0.05, 0.1) is 0 Å². The van der Waals surface area contributed by atoms with E-state index < -0.39 is 0 Å². The largest absolute Gasteiger partial charge is 0.330 e. The van der Waals surface area contributed by atoms with Gasteiger partial charge in [-0.15, -0.1) is 0 Å². The first-order chi connectivity index (χ1) is 8.67. The second kappa shape index (κ2) is 6.88. The first-order valence-corrected chi connectivity index (χ1v) is 7.82. The minimum Gasteiger partial charge on any atom is -0.330 e. The molecule has 106 valence electrons. The molecule has 0 aromatic carbocycles. The van der Waals surface area contributed by atoms with Crippen LogP contribution in [0.4, 0.5) is 0 Å². The minimum absolute atomic E-state index is 0.694. The Labute approximate surface area is 113 Å². The molecule has 0 bridgehead atoms. The van der Waals surface area contributed by atoms with Gasteiger partial charge in [0, 0.05) is 39.3 Å². The van der Waals surface area contributed by atoms with E-state index in [-0.39, 0.29) is 0 Å². The van der Waals surface area contributed by atoms with Crippen molar-refractivity contribution in [2.75, 3.05) is 45.8 Å². The average molecular weight is 253 g/mol. The van der Waals surface area contributed by atoms with E-state index in [1.165, 1.54) is 58.5 Å². The van der Waals surface area contributed by atoms with E-state index in [1.807, 2.05) is 0 Å². The van der Waals surface area contributed by atoms with Gasteiger partial charge in [0.15, 0.2) is 0 Å². The summed E-state index contributed by atoms with van der Waals surface area (Å²) >= 11 is 0. The van der Waals surface area contributed by atoms with Gasteiger partial charge in [-0.2, -0.15) is 0 Å². The van der Waals surface area contributed by atoms with Gasteiger partial charge in [-0.3, -0.25) is 0 Å². The standard InChI is InChI=1S/C15H31N3/c1-13(2)9-15(10-16)12-18-7-5-17(6-8-18)11-14-3-4-14/h13-15H,3-12,16H2,1-2H3. The predicted molar refractivity (Wildman–Crippen MR) is 77.6 cm³/mol. The summed E-state index contributed by atoms with van der Waals surface area (Å²) in [6.07, 6.45) is 4.23. The predicted octanol–water partition coefficient (Wildman–Crippen LogP) is 1.64. The number of piperazine rings is 1. The number of rotatable bonds is 7. The Morgan fingerprint density at radius 1 is 1.06 bits per heavy atom. The molecule has 1 aliphatic heterocycles. The third-order valence-corrected chi connectivity index (χ3v) is 4.33. The quantitative estimate of drug-likeness (QED) is 0.748. The highest BCUT2D eigenvalue weighted by Gasteiger charge is 2.26. The van der Waals surface area contributed by atoms with Crippen LogP contribution in [0.3, 0.4) is 0 Å². The molecule has 2 fully saturated rings. The van der Waals surface area contributed by atoms with Crippen LogP contribution in [0.15, 0.2) is 0 Å². The van der Waals surface area contributed by atoms with E-state index in [0.29, 0.717) is 5.92 Å². The second-order valence-electron chi connectivity index (χ2n) is 6.78. The summed E-state index contributed by atoms with van der Waals surface area (Å²) in [7, 11) is 0. The maximum Gasteiger partial charge on any atom is 0.0110 e. The Morgan fingerprint density at radius 3 is 2.17 bits per heavy atom. The number of nitrogens with zero attached hydrogens (tertiary/aromatic N) is 2. The molecule has 0 radical (unpaired) electrons. The molecule has 1 atom stereocenters. The zero-order valence-electron chi connectivity index (χ0n) is 12.3. The van der Waals surface area contributed by atoms with E-state index in [9.17, 15) is 0 Å². The molecule has 2 aliphatic rings. The van der Waals surface area contributed by atoms with Crippen LogP contribution >= 0.6 is 0 Å². The van der Waals surface area contributed by atoms with Crippen LogP contribution in [0, 0.1) is 17.8 Å². The Morgan fingerprint density at radius 2 is 1.67 bits per heavy atom. The smallest absolute Gasteiger partial charge is 0.0110 e. The molecule has 18 heavy (non-hydrogen) atoms. The molecule has 3 nitrogen and oxygen atoms in total. The Balaban J connectivity index is 1.64. The normalized spacial score (nSPS) is 24.7. The van der Waals surface area contributed by atoms with E-state index in [2.05, 4.69) is 23.6 Å². The van der Waals surface area contributed by atoms with Crippen LogP contribution < -0.4 is 5.73 Å². The van der Waals surface area contributed by atoms with Gasteiger partial charge in [0.25, 0.3) is 0 Å². The van der Waals surface area contributed by atoms with Crippen LogP contribution in [0.2, 0.25) is 0 Å². The van der Waals surface area contributed by atoms with Gasteiger partial charge in [-0.1, -0.05) is 13.8 Å². The fourth-order valence-corrected chi connectivity index (χ4v) is 3.10. The fourth-order valence-electron chi connectivity index (χ4n) is 3.10. The number of hydrogen-bond donors (Lipinski definition) is 1. The first-order valence-electron chi connectivity index (χ1n) is 7.82. The van der Waals surface area contributed by atoms with Crippen LogP contribution in [-0.2, 0) is 0 Å². The van der Waals surface area contributed by atoms with Gasteiger partial charge >= 0.3 is 0 Å². The first kappa shape index (κ1) is 14.3. The molecule has 1 saturated carbocycles. The van der Waals surface area contributed by atoms with Crippen molar-refractivity contribution in [1.29, 1.82) is 0 Å². The summed E-state index contributed by atoms with van der Waals surface area (Å²) in [5.74, 6) is 2.50. The molecule has 0 amide bonds.